The minimum Gasteiger partial charge on any atom is -0.456 e. The van der Waals surface area contributed by atoms with Crippen LogP contribution in [-0.4, -0.2) is 197 Å². The van der Waals surface area contributed by atoms with Gasteiger partial charge in [0.25, 0.3) is 0 Å². The third kappa shape index (κ3) is 26.2. The van der Waals surface area contributed by atoms with Crippen LogP contribution in [0.2, 0.25) is 0 Å². The number of ether oxygens (including phenoxy) is 21. The third-order valence-corrected chi connectivity index (χ3v) is 20.7. The molecule has 13 rings (SSSR count). The van der Waals surface area contributed by atoms with E-state index in [1.54, 1.807) is 54.6 Å². The summed E-state index contributed by atoms with van der Waals surface area (Å²) in [6, 6.07) is 79.5. The van der Waals surface area contributed by atoms with Gasteiger partial charge in [-0.05, 0) is 69.8 Å². The van der Waals surface area contributed by atoms with E-state index in [9.17, 15) is 24.0 Å². The second-order valence-electron chi connectivity index (χ2n) is 30.1. The van der Waals surface area contributed by atoms with Gasteiger partial charge in [-0.2, -0.15) is 0 Å². The molecular weight excluding hydrogens is 1630 g/mol. The fraction of sp³-hybridized carbons (Fsp3) is 0.361. The van der Waals surface area contributed by atoms with Gasteiger partial charge in [0.1, 0.15) is 54.9 Å². The molecule has 4 aliphatic heterocycles. The molecule has 0 aromatic heterocycles. The van der Waals surface area contributed by atoms with Crippen molar-refractivity contribution in [2.24, 2.45) is 0 Å². The number of benzene rings is 9. The van der Waals surface area contributed by atoms with E-state index in [-0.39, 0.29) is 69.5 Å². The van der Waals surface area contributed by atoms with Crippen molar-refractivity contribution in [3.05, 3.63) is 323 Å². The lowest BCUT2D eigenvalue weighted by atomic mass is 9.95. The van der Waals surface area contributed by atoms with Crippen LogP contribution in [0.1, 0.15) is 99.1 Å². The topological polar surface area (TPSA) is 330 Å². The molecule has 0 N–H and O–H groups in total. The molecule has 4 saturated heterocycles. The summed E-state index contributed by atoms with van der Waals surface area (Å²) in [5.74, 6) is -7.72. The first-order valence-electron chi connectivity index (χ1n) is 41.3. The van der Waals surface area contributed by atoms with Gasteiger partial charge in [-0.1, -0.05) is 237 Å². The first-order valence-corrected chi connectivity index (χ1v) is 41.3. The van der Waals surface area contributed by atoms with Crippen LogP contribution in [0.3, 0.4) is 0 Å². The quantitative estimate of drug-likeness (QED) is 0.0255. The SMILES string of the molecule is CC(=O)O[C@@H]1O[C@H](CO[C@@H]2O[C@H](CO[C@H]3O[C@H](COCc4ccccc4)[C@@H](OCc4ccccc4)[C@H](OCc4ccccc4)[C@@H]3O[C@H]3O[C@H](COCc4ccccc4)[C@@H](OCc4ccccc4)[C@H](OCc4ccccc4)[C@@H]3OC(C)=O)[C@@H](OC(=O)c3ccccc3)[C@H](OC(=O)c3ccccc3)[C@H]2OC(=O)c2ccccc2)[C@@H](OC(C)=O)[C@H](OC(C)=O)[C@H]1OC(C)=O. The zero-order valence-corrected chi connectivity index (χ0v) is 69.9. The maximum atomic E-state index is 15.2. The van der Waals surface area contributed by atoms with Gasteiger partial charge in [-0.25, -0.2) is 14.4 Å². The largest absolute Gasteiger partial charge is 0.456 e. The van der Waals surface area contributed by atoms with E-state index in [0.717, 1.165) is 55.5 Å². The maximum Gasteiger partial charge on any atom is 0.338 e. The Morgan fingerprint density at radius 3 is 0.810 bits per heavy atom. The van der Waals surface area contributed by atoms with Gasteiger partial charge in [0.15, 0.2) is 55.5 Å². The summed E-state index contributed by atoms with van der Waals surface area (Å²) < 4.78 is 141. The Kier molecular flexibility index (Phi) is 33.9. The Balaban J connectivity index is 0.970. The highest BCUT2D eigenvalue weighted by Gasteiger charge is 2.60. The second-order valence-corrected chi connectivity index (χ2v) is 30.1. The average Bonchev–Trinajstić information content (AvgIpc) is 0.766. The number of esters is 8. The maximum absolute atomic E-state index is 15.2. The van der Waals surface area contributed by atoms with E-state index in [4.69, 9.17) is 99.5 Å². The van der Waals surface area contributed by atoms with Gasteiger partial charge in [-0.3, -0.25) is 24.0 Å². The van der Waals surface area contributed by atoms with E-state index in [1.807, 2.05) is 182 Å². The van der Waals surface area contributed by atoms with Crippen LogP contribution in [-0.2, 0) is 163 Å². The van der Waals surface area contributed by atoms with Gasteiger partial charge in [0.05, 0.1) is 82.8 Å². The van der Waals surface area contributed by atoms with Crippen LogP contribution in [0.5, 0.6) is 0 Å². The van der Waals surface area contributed by atoms with Crippen molar-refractivity contribution in [3.63, 3.8) is 0 Å². The van der Waals surface area contributed by atoms with Gasteiger partial charge in [-0.15, -0.1) is 0 Å². The fourth-order valence-corrected chi connectivity index (χ4v) is 14.9. The molecule has 0 radical (unpaired) electrons. The molecule has 4 aliphatic rings. The predicted molar refractivity (Wildman–Crippen MR) is 445 cm³/mol. The van der Waals surface area contributed by atoms with Crippen molar-refractivity contribution < 1.29 is 138 Å². The van der Waals surface area contributed by atoms with E-state index < -0.39 is 184 Å². The lowest BCUT2D eigenvalue weighted by Gasteiger charge is -2.50. The molecule has 662 valence electrons. The minimum atomic E-state index is -2.07. The molecule has 0 bridgehead atoms. The van der Waals surface area contributed by atoms with Crippen LogP contribution in [0.25, 0.3) is 0 Å². The number of hydrogen-bond donors (Lipinski definition) is 0. The highest BCUT2D eigenvalue weighted by Crippen LogP contribution is 2.40. The monoisotopic (exact) mass is 1730 g/mol. The number of hydrogen-bond acceptors (Lipinski definition) is 29. The first kappa shape index (κ1) is 91.9. The van der Waals surface area contributed by atoms with Crippen LogP contribution in [0.15, 0.2) is 273 Å². The molecule has 29 heteroatoms. The lowest BCUT2D eigenvalue weighted by Crippen LogP contribution is -2.67. The van der Waals surface area contributed by atoms with E-state index >= 15 is 14.4 Å². The molecule has 0 aliphatic carbocycles. The third-order valence-electron chi connectivity index (χ3n) is 20.7. The van der Waals surface area contributed by atoms with Gasteiger partial charge >= 0.3 is 47.8 Å². The molecule has 4 fully saturated rings. The minimum absolute atomic E-state index is 0.0103. The molecule has 0 unspecified atom stereocenters. The normalized spacial score (nSPS) is 25.8. The second kappa shape index (κ2) is 46.4. The summed E-state index contributed by atoms with van der Waals surface area (Å²) >= 11 is 0. The van der Waals surface area contributed by atoms with Crippen molar-refractivity contribution in [2.45, 2.75) is 197 Å². The van der Waals surface area contributed by atoms with Crippen molar-refractivity contribution in [3.8, 4) is 0 Å². The zero-order valence-electron chi connectivity index (χ0n) is 69.9. The van der Waals surface area contributed by atoms with Gasteiger partial charge < -0.3 is 99.5 Å². The standard InChI is InChI=1S/C97H100O29/c1-61(98)114-81-77(122-96(118-65(5)102)90(117-64(4)101)85(81)115-62(2)99)59-113-95-89(125-93(105)74-49-31-14-32-50-74)86(124-92(104)73-47-29-13-30-48-73)82(123-91(103)72-45-27-12-28-46-72)78(120-95)60-112-94-87(83(110-55-70-41-23-10-24-42-70)79(108-53-68-37-19-8-20-38-68)75(119-94)57-106-51-66-33-15-6-16-34-66)126-97-88(116-63(3)100)84(111-56-71-43-25-11-26-44-71)80(109-54-69-39-21-9-22-40-69)76(121-97)58-107-52-67-35-17-7-18-36-67/h6-50,75-90,94-97H,51-60H2,1-5H3/t75-,76-,77-,78-,79-,80-,81-,82-,83+,84+,85+,86+,87+,88+,89-,90-,94+,95-,96-,97-/m1/s1. The Morgan fingerprint density at radius 2 is 0.452 bits per heavy atom. The number of carbonyl (C=O) groups excluding carboxylic acids is 8. The molecule has 9 aromatic rings. The Hall–Kier alpha value is -11.8. The molecular formula is C97H100O29. The molecule has 4 heterocycles. The van der Waals surface area contributed by atoms with E-state index in [2.05, 4.69) is 0 Å². The summed E-state index contributed by atoms with van der Waals surface area (Å²) in [7, 11) is 0. The summed E-state index contributed by atoms with van der Waals surface area (Å²) in [5, 5.41) is 0. The molecule has 9 aromatic carbocycles. The van der Waals surface area contributed by atoms with Crippen molar-refractivity contribution in [1.29, 1.82) is 0 Å². The smallest absolute Gasteiger partial charge is 0.338 e. The van der Waals surface area contributed by atoms with E-state index in [1.165, 1.54) is 43.3 Å². The summed E-state index contributed by atoms with van der Waals surface area (Å²) in [4.78, 5) is 112. The first-order chi connectivity index (χ1) is 61.3. The van der Waals surface area contributed by atoms with Crippen LogP contribution >= 0.6 is 0 Å². The van der Waals surface area contributed by atoms with E-state index in [0.29, 0.717) is 5.56 Å². The number of carbonyl (C=O) groups is 8. The molecule has 126 heavy (non-hydrogen) atoms. The molecule has 29 nitrogen and oxygen atoms in total. The zero-order chi connectivity index (χ0) is 88.1. The highest BCUT2D eigenvalue weighted by molar-refractivity contribution is 5.91. The molecule has 0 saturated carbocycles. The fourth-order valence-electron chi connectivity index (χ4n) is 14.9. The average molecular weight is 1730 g/mol. The van der Waals surface area contributed by atoms with Gasteiger partial charge in [0.2, 0.25) is 12.4 Å². The lowest BCUT2D eigenvalue weighted by molar-refractivity contribution is -0.384. The van der Waals surface area contributed by atoms with Crippen molar-refractivity contribution in [2.75, 3.05) is 26.4 Å². The van der Waals surface area contributed by atoms with Gasteiger partial charge in [0, 0.05) is 34.6 Å². The highest BCUT2D eigenvalue weighted by atomic mass is 16.8. The predicted octanol–water partition coefficient (Wildman–Crippen LogP) is 12.0. The number of rotatable bonds is 39. The summed E-state index contributed by atoms with van der Waals surface area (Å²) in [6.45, 7) is 3.26. The molecule has 0 spiro atoms. The van der Waals surface area contributed by atoms with Crippen LogP contribution in [0.4, 0.5) is 0 Å². The molecule has 20 atom stereocenters. The Labute approximate surface area is 728 Å². The van der Waals surface area contributed by atoms with Crippen molar-refractivity contribution >= 4 is 47.8 Å². The summed E-state index contributed by atoms with van der Waals surface area (Å²) in [5.41, 5.74) is 4.55. The van der Waals surface area contributed by atoms with Crippen LogP contribution in [0, 0.1) is 0 Å². The Bertz CT molecular complexity index is 4900. The molecule has 0 amide bonds. The van der Waals surface area contributed by atoms with Crippen LogP contribution < -0.4 is 0 Å². The summed E-state index contributed by atoms with van der Waals surface area (Å²) in [6.07, 6.45) is -32.7. The van der Waals surface area contributed by atoms with Crippen molar-refractivity contribution in [1.82, 2.24) is 0 Å². The Morgan fingerprint density at radius 1 is 0.214 bits per heavy atom.